The van der Waals surface area contributed by atoms with Crippen LogP contribution in [0.3, 0.4) is 0 Å². The summed E-state index contributed by atoms with van der Waals surface area (Å²) in [7, 11) is 0. The number of carboxylic acid groups (broad SMARTS) is 1. The Bertz CT molecular complexity index is 312. The Morgan fingerprint density at radius 3 is 2.50 bits per heavy atom. The van der Waals surface area contributed by atoms with Crippen molar-refractivity contribution in [2.75, 3.05) is 0 Å². The number of furan rings is 1. The number of hydrogen-bond acceptors (Lipinski definition) is 2. The largest absolute Gasteiger partial charge is 0.481 e. The molecular weight excluding hydrogens is 180 g/mol. The molecule has 3 nitrogen and oxygen atoms in total. The monoisotopic (exact) mass is 196 g/mol. The molecule has 1 N–H and O–H groups in total. The molecule has 0 radical (unpaired) electrons. The van der Waals surface area contributed by atoms with Crippen LogP contribution in [0.25, 0.3) is 0 Å². The minimum absolute atomic E-state index is 0.123. The summed E-state index contributed by atoms with van der Waals surface area (Å²) in [5, 5.41) is 8.97. The van der Waals surface area contributed by atoms with Crippen LogP contribution in [0.2, 0.25) is 0 Å². The number of hydrogen-bond donors (Lipinski definition) is 1. The number of carboxylic acids is 1. The van der Waals surface area contributed by atoms with Gasteiger partial charge >= 0.3 is 5.97 Å². The third kappa shape index (κ3) is 2.62. The molecule has 0 aromatic carbocycles. The summed E-state index contributed by atoms with van der Waals surface area (Å²) >= 11 is 0. The standard InChI is InChI=1S/C11H16O3/c1-7(2)10(11(12)13)6-9-5-4-8(3)14-9/h4-5,7,10H,6H2,1-3H3,(H,12,13). The van der Waals surface area contributed by atoms with Gasteiger partial charge in [-0.15, -0.1) is 0 Å². The zero-order valence-corrected chi connectivity index (χ0v) is 8.78. The first-order chi connectivity index (χ1) is 6.50. The Morgan fingerprint density at radius 1 is 1.50 bits per heavy atom. The average molecular weight is 196 g/mol. The van der Waals surface area contributed by atoms with Crippen molar-refractivity contribution < 1.29 is 14.3 Å². The number of aryl methyl sites for hydroxylation is 1. The Hall–Kier alpha value is -1.25. The summed E-state index contributed by atoms with van der Waals surface area (Å²) < 4.78 is 5.35. The topological polar surface area (TPSA) is 50.4 Å². The smallest absolute Gasteiger partial charge is 0.307 e. The van der Waals surface area contributed by atoms with E-state index in [0.29, 0.717) is 6.42 Å². The van der Waals surface area contributed by atoms with Gasteiger partial charge in [0, 0.05) is 6.42 Å². The molecule has 14 heavy (non-hydrogen) atoms. The van der Waals surface area contributed by atoms with E-state index in [4.69, 9.17) is 9.52 Å². The van der Waals surface area contributed by atoms with Crippen LogP contribution >= 0.6 is 0 Å². The maximum atomic E-state index is 10.9. The first-order valence-corrected chi connectivity index (χ1v) is 4.79. The number of rotatable bonds is 4. The minimum Gasteiger partial charge on any atom is -0.481 e. The maximum Gasteiger partial charge on any atom is 0.307 e. The highest BCUT2D eigenvalue weighted by Gasteiger charge is 2.22. The molecule has 0 saturated heterocycles. The second-order valence-electron chi connectivity index (χ2n) is 3.91. The molecule has 0 fully saturated rings. The van der Waals surface area contributed by atoms with Gasteiger partial charge in [0.15, 0.2) is 0 Å². The number of carbonyl (C=O) groups is 1. The van der Waals surface area contributed by atoms with Crippen molar-refractivity contribution in [1.82, 2.24) is 0 Å². The summed E-state index contributed by atoms with van der Waals surface area (Å²) in [5.41, 5.74) is 0. The highest BCUT2D eigenvalue weighted by Crippen LogP contribution is 2.19. The second kappa shape index (κ2) is 4.31. The average Bonchev–Trinajstić information content (AvgIpc) is 2.46. The Kier molecular flexibility index (Phi) is 3.33. The van der Waals surface area contributed by atoms with E-state index in [1.807, 2.05) is 32.9 Å². The van der Waals surface area contributed by atoms with Crippen molar-refractivity contribution in [3.8, 4) is 0 Å². The fraction of sp³-hybridized carbons (Fsp3) is 0.545. The Balaban J connectivity index is 2.69. The normalized spacial score (nSPS) is 13.1. The van der Waals surface area contributed by atoms with Crippen LogP contribution in [0, 0.1) is 18.8 Å². The molecule has 1 aromatic rings. The zero-order valence-electron chi connectivity index (χ0n) is 8.78. The minimum atomic E-state index is -0.756. The zero-order chi connectivity index (χ0) is 10.7. The predicted octanol–water partition coefficient (Wildman–Crippen LogP) is 2.49. The van der Waals surface area contributed by atoms with Crippen LogP contribution in [0.4, 0.5) is 0 Å². The van der Waals surface area contributed by atoms with Gasteiger partial charge in [-0.3, -0.25) is 4.79 Å². The van der Waals surface area contributed by atoms with Gasteiger partial charge in [-0.25, -0.2) is 0 Å². The molecule has 0 saturated carbocycles. The molecular formula is C11H16O3. The maximum absolute atomic E-state index is 10.9. The van der Waals surface area contributed by atoms with Crippen LogP contribution < -0.4 is 0 Å². The van der Waals surface area contributed by atoms with E-state index >= 15 is 0 Å². The van der Waals surface area contributed by atoms with Crippen LogP contribution in [-0.4, -0.2) is 11.1 Å². The van der Waals surface area contributed by atoms with Crippen molar-refractivity contribution in [2.45, 2.75) is 27.2 Å². The molecule has 3 heteroatoms. The highest BCUT2D eigenvalue weighted by molar-refractivity contribution is 5.70. The van der Waals surface area contributed by atoms with Gasteiger partial charge in [0.05, 0.1) is 5.92 Å². The van der Waals surface area contributed by atoms with Crippen LogP contribution in [-0.2, 0) is 11.2 Å². The van der Waals surface area contributed by atoms with Crippen molar-refractivity contribution in [1.29, 1.82) is 0 Å². The van der Waals surface area contributed by atoms with Crippen LogP contribution in [0.15, 0.2) is 16.5 Å². The van der Waals surface area contributed by atoms with E-state index in [1.165, 1.54) is 0 Å². The van der Waals surface area contributed by atoms with Crippen molar-refractivity contribution in [3.05, 3.63) is 23.7 Å². The predicted molar refractivity (Wildman–Crippen MR) is 53.1 cm³/mol. The molecule has 1 aromatic heterocycles. The molecule has 0 amide bonds. The summed E-state index contributed by atoms with van der Waals surface area (Å²) in [6.07, 6.45) is 0.473. The lowest BCUT2D eigenvalue weighted by molar-refractivity contribution is -0.143. The van der Waals surface area contributed by atoms with Gasteiger partial charge in [-0.2, -0.15) is 0 Å². The lowest BCUT2D eigenvalue weighted by atomic mass is 9.92. The number of aliphatic carboxylic acids is 1. The van der Waals surface area contributed by atoms with E-state index in [0.717, 1.165) is 11.5 Å². The van der Waals surface area contributed by atoms with Gasteiger partial charge in [0.1, 0.15) is 11.5 Å². The van der Waals surface area contributed by atoms with Gasteiger partial charge in [-0.05, 0) is 25.0 Å². The van der Waals surface area contributed by atoms with E-state index in [1.54, 1.807) is 0 Å². The molecule has 1 rings (SSSR count). The molecule has 0 spiro atoms. The quantitative estimate of drug-likeness (QED) is 0.804. The van der Waals surface area contributed by atoms with Gasteiger partial charge in [-0.1, -0.05) is 13.8 Å². The van der Waals surface area contributed by atoms with Crippen molar-refractivity contribution in [2.24, 2.45) is 11.8 Å². The molecule has 1 atom stereocenters. The molecule has 0 bridgehead atoms. The summed E-state index contributed by atoms with van der Waals surface area (Å²) in [4.78, 5) is 10.9. The summed E-state index contributed by atoms with van der Waals surface area (Å²) in [6, 6.07) is 3.70. The fourth-order valence-electron chi connectivity index (χ4n) is 1.42. The first kappa shape index (κ1) is 10.8. The SMILES string of the molecule is Cc1ccc(CC(C(=O)O)C(C)C)o1. The molecule has 0 aliphatic heterocycles. The third-order valence-electron chi connectivity index (χ3n) is 2.34. The van der Waals surface area contributed by atoms with E-state index in [2.05, 4.69) is 0 Å². The van der Waals surface area contributed by atoms with Crippen molar-refractivity contribution in [3.63, 3.8) is 0 Å². The first-order valence-electron chi connectivity index (χ1n) is 4.79. The lowest BCUT2D eigenvalue weighted by Gasteiger charge is -2.14. The highest BCUT2D eigenvalue weighted by atomic mass is 16.4. The lowest BCUT2D eigenvalue weighted by Crippen LogP contribution is -2.21. The fourth-order valence-corrected chi connectivity index (χ4v) is 1.42. The molecule has 1 unspecified atom stereocenters. The van der Waals surface area contributed by atoms with Gasteiger partial charge in [0.25, 0.3) is 0 Å². The molecule has 0 aliphatic rings. The molecule has 78 valence electrons. The molecule has 1 heterocycles. The van der Waals surface area contributed by atoms with E-state index in [-0.39, 0.29) is 11.8 Å². The van der Waals surface area contributed by atoms with Gasteiger partial charge in [0.2, 0.25) is 0 Å². The van der Waals surface area contributed by atoms with Crippen LogP contribution in [0.1, 0.15) is 25.4 Å². The Morgan fingerprint density at radius 2 is 2.14 bits per heavy atom. The summed E-state index contributed by atoms with van der Waals surface area (Å²) in [5.74, 6) is 0.587. The third-order valence-corrected chi connectivity index (χ3v) is 2.34. The van der Waals surface area contributed by atoms with Gasteiger partial charge < -0.3 is 9.52 Å². The second-order valence-corrected chi connectivity index (χ2v) is 3.91. The van der Waals surface area contributed by atoms with Crippen molar-refractivity contribution >= 4 is 5.97 Å². The summed E-state index contributed by atoms with van der Waals surface area (Å²) in [6.45, 7) is 5.68. The molecule has 0 aliphatic carbocycles. The Labute approximate surface area is 83.7 Å². The van der Waals surface area contributed by atoms with E-state index < -0.39 is 5.97 Å². The van der Waals surface area contributed by atoms with Crippen LogP contribution in [0.5, 0.6) is 0 Å². The van der Waals surface area contributed by atoms with E-state index in [9.17, 15) is 4.79 Å².